The molecule has 56 valence electrons. The highest BCUT2D eigenvalue weighted by molar-refractivity contribution is 7.82. The zero-order valence-corrected chi connectivity index (χ0v) is 7.12. The summed E-state index contributed by atoms with van der Waals surface area (Å²) in [6, 6.07) is 0. The van der Waals surface area contributed by atoms with Crippen LogP contribution in [0, 0.1) is 5.92 Å². The van der Waals surface area contributed by atoms with Crippen LogP contribution in [-0.2, 0) is 11.0 Å². The molecule has 2 nitrogen and oxygen atoms in total. The molecule has 0 fully saturated rings. The van der Waals surface area contributed by atoms with Gasteiger partial charge in [0.15, 0.2) is 0 Å². The van der Waals surface area contributed by atoms with Crippen molar-refractivity contribution in [3.05, 3.63) is 0 Å². The Kier molecular flexibility index (Phi) is 5.00. The smallest absolute Gasteiger partial charge is 0.0883 e. The summed E-state index contributed by atoms with van der Waals surface area (Å²) < 4.78 is 13.3. The average molecular weight is 149 g/mol. The molecule has 0 bridgehead atoms. The molecule has 0 aliphatic rings. The van der Waals surface area contributed by atoms with Crippen molar-refractivity contribution in [1.82, 2.24) is 4.72 Å². The molecule has 9 heavy (non-hydrogen) atoms. The zero-order chi connectivity index (χ0) is 7.28. The molecule has 0 rings (SSSR count). The van der Waals surface area contributed by atoms with E-state index >= 15 is 0 Å². The first-order valence-corrected chi connectivity index (χ1v) is 4.75. The third-order valence-corrected chi connectivity index (χ3v) is 1.64. The van der Waals surface area contributed by atoms with E-state index in [-0.39, 0.29) is 0 Å². The quantitative estimate of drug-likeness (QED) is 0.632. The van der Waals surface area contributed by atoms with Gasteiger partial charge in [0.25, 0.3) is 0 Å². The van der Waals surface area contributed by atoms with Crippen LogP contribution in [0.5, 0.6) is 0 Å². The van der Waals surface area contributed by atoms with E-state index in [0.717, 1.165) is 13.0 Å². The van der Waals surface area contributed by atoms with Crippen LogP contribution in [0.25, 0.3) is 0 Å². The van der Waals surface area contributed by atoms with Crippen LogP contribution in [0.2, 0.25) is 0 Å². The minimum atomic E-state index is -0.832. The average Bonchev–Trinajstić information content (AvgIpc) is 1.63. The van der Waals surface area contributed by atoms with Gasteiger partial charge in [0.2, 0.25) is 0 Å². The fraction of sp³-hybridized carbons (Fsp3) is 1.00. The van der Waals surface area contributed by atoms with Crippen LogP contribution in [0.15, 0.2) is 0 Å². The highest BCUT2D eigenvalue weighted by Crippen LogP contribution is 1.95. The van der Waals surface area contributed by atoms with E-state index in [4.69, 9.17) is 0 Å². The Labute approximate surface area is 59.6 Å². The highest BCUT2D eigenvalue weighted by Gasteiger charge is 1.92. The van der Waals surface area contributed by atoms with Gasteiger partial charge in [0, 0.05) is 12.8 Å². The molecule has 1 N–H and O–H groups in total. The molecular formula is C6H15NOS. The second kappa shape index (κ2) is 4.94. The molecule has 3 heteroatoms. The lowest BCUT2D eigenvalue weighted by Crippen LogP contribution is -2.18. The molecule has 0 aromatic carbocycles. The summed E-state index contributed by atoms with van der Waals surface area (Å²) in [4.78, 5) is 0. The first kappa shape index (κ1) is 9.11. The first-order chi connectivity index (χ1) is 4.13. The lowest BCUT2D eigenvalue weighted by molar-refractivity contribution is 0.579. The van der Waals surface area contributed by atoms with Crippen molar-refractivity contribution in [3.63, 3.8) is 0 Å². The molecule has 0 spiro atoms. The van der Waals surface area contributed by atoms with Gasteiger partial charge in [-0.3, -0.25) is 0 Å². The van der Waals surface area contributed by atoms with Gasteiger partial charge in [-0.25, -0.2) is 8.93 Å². The Balaban J connectivity index is 3.01. The predicted octanol–water partition coefficient (Wildman–Crippen LogP) is 0.916. The molecule has 0 aliphatic heterocycles. The normalized spacial score (nSPS) is 14.2. The van der Waals surface area contributed by atoms with Gasteiger partial charge in [-0.15, -0.1) is 0 Å². The summed E-state index contributed by atoms with van der Waals surface area (Å²) in [7, 11) is -0.832. The largest absolute Gasteiger partial charge is 0.243 e. The van der Waals surface area contributed by atoms with E-state index < -0.39 is 11.0 Å². The third kappa shape index (κ3) is 8.11. The Hall–Kier alpha value is 0.110. The maximum Gasteiger partial charge on any atom is 0.0883 e. The Bertz CT molecular complexity index is 93.1. The standard InChI is InChI=1S/C6H15NOS/c1-6(2)4-5-7-9(3)8/h6-7H,4-5H2,1-3H3. The number of hydrogen-bond donors (Lipinski definition) is 1. The molecule has 0 heterocycles. The molecule has 0 saturated carbocycles. The second-order valence-corrected chi connectivity index (χ2v) is 3.73. The molecule has 0 radical (unpaired) electrons. The van der Waals surface area contributed by atoms with E-state index in [0.29, 0.717) is 5.92 Å². The van der Waals surface area contributed by atoms with E-state index in [1.54, 1.807) is 6.26 Å². The van der Waals surface area contributed by atoms with E-state index in [2.05, 4.69) is 18.6 Å². The summed E-state index contributed by atoms with van der Waals surface area (Å²) in [5, 5.41) is 0. The highest BCUT2D eigenvalue weighted by atomic mass is 32.2. The Morgan fingerprint density at radius 1 is 1.56 bits per heavy atom. The third-order valence-electron chi connectivity index (χ3n) is 1.03. The molecule has 0 saturated heterocycles. The van der Waals surface area contributed by atoms with Crippen LogP contribution >= 0.6 is 0 Å². The fourth-order valence-electron chi connectivity index (χ4n) is 0.491. The van der Waals surface area contributed by atoms with E-state index in [1.165, 1.54) is 0 Å². The summed E-state index contributed by atoms with van der Waals surface area (Å²) >= 11 is 0. The second-order valence-electron chi connectivity index (χ2n) is 2.53. The van der Waals surface area contributed by atoms with Crippen LogP contribution in [0.4, 0.5) is 0 Å². The molecular weight excluding hydrogens is 134 g/mol. The minimum Gasteiger partial charge on any atom is -0.243 e. The lowest BCUT2D eigenvalue weighted by Gasteiger charge is -2.02. The van der Waals surface area contributed by atoms with Crippen molar-refractivity contribution in [1.29, 1.82) is 0 Å². The van der Waals surface area contributed by atoms with Crippen LogP contribution in [0.1, 0.15) is 20.3 Å². The molecule has 0 aliphatic carbocycles. The fourth-order valence-corrected chi connectivity index (χ4v) is 0.897. The number of hydrogen-bond acceptors (Lipinski definition) is 1. The van der Waals surface area contributed by atoms with Crippen molar-refractivity contribution in [2.24, 2.45) is 5.92 Å². The van der Waals surface area contributed by atoms with Gasteiger partial charge in [0.1, 0.15) is 0 Å². The molecule has 1 atom stereocenters. The van der Waals surface area contributed by atoms with E-state index in [1.807, 2.05) is 0 Å². The SMILES string of the molecule is CC(C)CCNS(C)=O. The summed E-state index contributed by atoms with van der Waals surface area (Å²) in [5.74, 6) is 0.695. The first-order valence-electron chi connectivity index (χ1n) is 3.20. The van der Waals surface area contributed by atoms with Gasteiger partial charge in [-0.1, -0.05) is 13.8 Å². The van der Waals surface area contributed by atoms with Crippen molar-refractivity contribution in [2.75, 3.05) is 12.8 Å². The number of rotatable bonds is 4. The lowest BCUT2D eigenvalue weighted by atomic mass is 10.1. The predicted molar refractivity (Wildman–Crippen MR) is 41.5 cm³/mol. The molecule has 0 aromatic heterocycles. The molecule has 1 unspecified atom stereocenters. The number of nitrogens with one attached hydrogen (secondary N) is 1. The van der Waals surface area contributed by atoms with Gasteiger partial charge in [0.05, 0.1) is 11.0 Å². The van der Waals surface area contributed by atoms with E-state index in [9.17, 15) is 4.21 Å². The van der Waals surface area contributed by atoms with Crippen LogP contribution in [-0.4, -0.2) is 17.0 Å². The summed E-state index contributed by atoms with van der Waals surface area (Å²) in [6.07, 6.45) is 2.75. The van der Waals surface area contributed by atoms with Crippen LogP contribution < -0.4 is 4.72 Å². The topological polar surface area (TPSA) is 29.1 Å². The van der Waals surface area contributed by atoms with Gasteiger partial charge in [-0.2, -0.15) is 0 Å². The van der Waals surface area contributed by atoms with Gasteiger partial charge >= 0.3 is 0 Å². The Morgan fingerprint density at radius 3 is 2.44 bits per heavy atom. The summed E-state index contributed by atoms with van der Waals surface area (Å²) in [6.45, 7) is 5.17. The summed E-state index contributed by atoms with van der Waals surface area (Å²) in [5.41, 5.74) is 0. The van der Waals surface area contributed by atoms with Gasteiger partial charge in [-0.05, 0) is 12.3 Å². The maximum absolute atomic E-state index is 10.4. The minimum absolute atomic E-state index is 0.695. The van der Waals surface area contributed by atoms with Crippen molar-refractivity contribution in [2.45, 2.75) is 20.3 Å². The van der Waals surface area contributed by atoms with Crippen molar-refractivity contribution >= 4 is 11.0 Å². The molecule has 0 amide bonds. The zero-order valence-electron chi connectivity index (χ0n) is 6.31. The molecule has 0 aromatic rings. The maximum atomic E-state index is 10.4. The monoisotopic (exact) mass is 149 g/mol. The van der Waals surface area contributed by atoms with Crippen molar-refractivity contribution < 1.29 is 4.21 Å². The van der Waals surface area contributed by atoms with Crippen molar-refractivity contribution in [3.8, 4) is 0 Å². The van der Waals surface area contributed by atoms with Crippen LogP contribution in [0.3, 0.4) is 0 Å². The Morgan fingerprint density at radius 2 is 2.11 bits per heavy atom. The van der Waals surface area contributed by atoms with Gasteiger partial charge < -0.3 is 0 Å².